The van der Waals surface area contributed by atoms with Gasteiger partial charge >= 0.3 is 17.9 Å². The molecule has 0 aromatic heterocycles. The maximum atomic E-state index is 12.9. The van der Waals surface area contributed by atoms with Crippen LogP contribution in [0.5, 0.6) is 0 Å². The molecule has 0 rings (SSSR count). The Labute approximate surface area is 468 Å². The van der Waals surface area contributed by atoms with Crippen molar-refractivity contribution in [2.45, 2.75) is 386 Å². The second kappa shape index (κ2) is 64.4. The summed E-state index contributed by atoms with van der Waals surface area (Å²) >= 11 is 0. The number of allylic oxidation sites excluding steroid dienone is 4. The van der Waals surface area contributed by atoms with Crippen LogP contribution in [0.1, 0.15) is 380 Å². The number of ether oxygens (including phenoxy) is 3. The highest BCUT2D eigenvalue weighted by Crippen LogP contribution is 2.18. The molecule has 6 nitrogen and oxygen atoms in total. The van der Waals surface area contributed by atoms with Crippen molar-refractivity contribution < 1.29 is 28.6 Å². The molecule has 6 heteroatoms. The molecule has 0 radical (unpaired) electrons. The average Bonchev–Trinajstić information content (AvgIpc) is 3.41. The van der Waals surface area contributed by atoms with Crippen LogP contribution in [0.2, 0.25) is 0 Å². The summed E-state index contributed by atoms with van der Waals surface area (Å²) < 4.78 is 17.0. The SMILES string of the molecule is CCCCCCCC/C=C\CCCCCCCCCCCCCC(=O)OC[C@H](COC(=O)CCCCCCCCC/C=C\CCCCCCCC)OC(=O)CCCCCCCCCCCCCCCCCCCCC. The monoisotopic (exact) mass is 1050 g/mol. The summed E-state index contributed by atoms with van der Waals surface area (Å²) in [6, 6.07) is 0. The Morgan fingerprint density at radius 3 is 0.667 bits per heavy atom. The zero-order valence-electron chi connectivity index (χ0n) is 50.8. The molecule has 0 heterocycles. The molecule has 0 aliphatic carbocycles. The average molecular weight is 1060 g/mol. The fraction of sp³-hybridized carbons (Fsp3) is 0.899. The molecule has 1 atom stereocenters. The lowest BCUT2D eigenvalue weighted by atomic mass is 10.0. The van der Waals surface area contributed by atoms with Gasteiger partial charge in [-0.1, -0.05) is 315 Å². The van der Waals surface area contributed by atoms with E-state index in [-0.39, 0.29) is 31.1 Å². The standard InChI is InChI=1S/C69H130O6/c1-4-7-10-13-16-19-22-25-28-31-33-34-36-38-41-44-47-50-53-56-59-62-68(71)74-65-66(64-73-67(70)61-58-55-52-49-46-43-40-37-30-27-24-21-18-15-12-9-6-3)75-69(72)63-60-57-54-51-48-45-42-39-35-32-29-26-23-20-17-14-11-8-5-2/h25,27-28,30,66H,4-24,26,29,31-65H2,1-3H3/b28-25-,30-27-/t66-/m0/s1. The van der Waals surface area contributed by atoms with Gasteiger partial charge in [0.25, 0.3) is 0 Å². The lowest BCUT2D eigenvalue weighted by Gasteiger charge is -2.18. The van der Waals surface area contributed by atoms with Crippen LogP contribution < -0.4 is 0 Å². The highest BCUT2D eigenvalue weighted by Gasteiger charge is 2.19. The zero-order valence-corrected chi connectivity index (χ0v) is 50.8. The number of hydrogen-bond acceptors (Lipinski definition) is 6. The Kier molecular flexibility index (Phi) is 62.6. The molecule has 0 amide bonds. The van der Waals surface area contributed by atoms with E-state index < -0.39 is 6.10 Å². The fourth-order valence-electron chi connectivity index (χ4n) is 10.3. The van der Waals surface area contributed by atoms with Gasteiger partial charge < -0.3 is 14.2 Å². The summed E-state index contributed by atoms with van der Waals surface area (Å²) in [5.41, 5.74) is 0. The van der Waals surface area contributed by atoms with Crippen LogP contribution in [-0.4, -0.2) is 37.2 Å². The van der Waals surface area contributed by atoms with Gasteiger partial charge in [-0.25, -0.2) is 0 Å². The minimum absolute atomic E-state index is 0.0675. The second-order valence-corrected chi connectivity index (χ2v) is 23.1. The summed E-state index contributed by atoms with van der Waals surface area (Å²) in [5, 5.41) is 0. The summed E-state index contributed by atoms with van der Waals surface area (Å²) in [5.74, 6) is -0.842. The number of carbonyl (C=O) groups is 3. The number of carbonyl (C=O) groups excluding carboxylic acids is 3. The largest absolute Gasteiger partial charge is 0.462 e. The van der Waals surface area contributed by atoms with Gasteiger partial charge in [-0.05, 0) is 70.6 Å². The third kappa shape index (κ3) is 62.6. The van der Waals surface area contributed by atoms with Crippen molar-refractivity contribution in [3.05, 3.63) is 24.3 Å². The first-order valence-electron chi connectivity index (χ1n) is 33.8. The lowest BCUT2D eigenvalue weighted by molar-refractivity contribution is -0.167. The van der Waals surface area contributed by atoms with Crippen LogP contribution in [0.15, 0.2) is 24.3 Å². The second-order valence-electron chi connectivity index (χ2n) is 23.1. The molecular formula is C69H130O6. The molecule has 0 aromatic carbocycles. The Bertz CT molecular complexity index is 1210. The minimum Gasteiger partial charge on any atom is -0.462 e. The van der Waals surface area contributed by atoms with Gasteiger partial charge in [0.15, 0.2) is 6.10 Å². The molecule has 0 fully saturated rings. The van der Waals surface area contributed by atoms with E-state index >= 15 is 0 Å². The van der Waals surface area contributed by atoms with Gasteiger partial charge in [-0.3, -0.25) is 14.4 Å². The number of rotatable bonds is 63. The van der Waals surface area contributed by atoms with Gasteiger partial charge in [0, 0.05) is 19.3 Å². The summed E-state index contributed by atoms with van der Waals surface area (Å²) in [4.78, 5) is 38.4. The molecule has 0 saturated heterocycles. The Hall–Kier alpha value is -2.11. The normalized spacial score (nSPS) is 12.1. The smallest absolute Gasteiger partial charge is 0.306 e. The van der Waals surface area contributed by atoms with Crippen molar-refractivity contribution in [3.8, 4) is 0 Å². The molecule has 0 bridgehead atoms. The van der Waals surface area contributed by atoms with Crippen molar-refractivity contribution in [3.63, 3.8) is 0 Å². The molecule has 0 aliphatic rings. The van der Waals surface area contributed by atoms with Crippen molar-refractivity contribution in [1.82, 2.24) is 0 Å². The fourth-order valence-corrected chi connectivity index (χ4v) is 10.3. The van der Waals surface area contributed by atoms with E-state index in [9.17, 15) is 14.4 Å². The van der Waals surface area contributed by atoms with E-state index in [1.54, 1.807) is 0 Å². The molecule has 0 aromatic rings. The molecular weight excluding hydrogens is 925 g/mol. The van der Waals surface area contributed by atoms with Gasteiger partial charge in [0.1, 0.15) is 13.2 Å². The van der Waals surface area contributed by atoms with Crippen LogP contribution in [0.4, 0.5) is 0 Å². The maximum Gasteiger partial charge on any atom is 0.306 e. The molecule has 0 spiro atoms. The number of unbranched alkanes of at least 4 members (excludes halogenated alkanes) is 48. The van der Waals surface area contributed by atoms with Gasteiger partial charge in [0.2, 0.25) is 0 Å². The van der Waals surface area contributed by atoms with E-state index in [1.807, 2.05) is 0 Å². The van der Waals surface area contributed by atoms with Crippen LogP contribution in [0, 0.1) is 0 Å². The first kappa shape index (κ1) is 72.9. The quantitative estimate of drug-likeness (QED) is 0.0261. The molecule has 0 N–H and O–H groups in total. The molecule has 0 aliphatic heterocycles. The Balaban J connectivity index is 4.31. The minimum atomic E-state index is -0.771. The van der Waals surface area contributed by atoms with Crippen molar-refractivity contribution >= 4 is 17.9 Å². The lowest BCUT2D eigenvalue weighted by Crippen LogP contribution is -2.30. The third-order valence-electron chi connectivity index (χ3n) is 15.4. The van der Waals surface area contributed by atoms with Crippen LogP contribution in [0.3, 0.4) is 0 Å². The van der Waals surface area contributed by atoms with Gasteiger partial charge in [-0.15, -0.1) is 0 Å². The molecule has 0 saturated carbocycles. The van der Waals surface area contributed by atoms with Crippen molar-refractivity contribution in [1.29, 1.82) is 0 Å². The highest BCUT2D eigenvalue weighted by atomic mass is 16.6. The van der Waals surface area contributed by atoms with Crippen molar-refractivity contribution in [2.24, 2.45) is 0 Å². The van der Waals surface area contributed by atoms with E-state index in [2.05, 4.69) is 45.1 Å². The van der Waals surface area contributed by atoms with Gasteiger partial charge in [0.05, 0.1) is 0 Å². The number of hydrogen-bond donors (Lipinski definition) is 0. The highest BCUT2D eigenvalue weighted by molar-refractivity contribution is 5.71. The predicted molar refractivity (Wildman–Crippen MR) is 326 cm³/mol. The van der Waals surface area contributed by atoms with E-state index in [0.29, 0.717) is 19.3 Å². The van der Waals surface area contributed by atoms with Crippen molar-refractivity contribution in [2.75, 3.05) is 13.2 Å². The predicted octanol–water partition coefficient (Wildman–Crippen LogP) is 23.0. The summed E-state index contributed by atoms with van der Waals surface area (Å²) in [6.07, 6.45) is 77.6. The van der Waals surface area contributed by atoms with E-state index in [1.165, 1.54) is 283 Å². The third-order valence-corrected chi connectivity index (χ3v) is 15.4. The number of esters is 3. The Morgan fingerprint density at radius 2 is 0.440 bits per heavy atom. The van der Waals surface area contributed by atoms with Crippen LogP contribution >= 0.6 is 0 Å². The first-order valence-corrected chi connectivity index (χ1v) is 33.8. The summed E-state index contributed by atoms with van der Waals surface area (Å²) in [7, 11) is 0. The maximum absolute atomic E-state index is 12.9. The molecule has 442 valence electrons. The van der Waals surface area contributed by atoms with Gasteiger partial charge in [-0.2, -0.15) is 0 Å². The first-order chi connectivity index (χ1) is 37.0. The van der Waals surface area contributed by atoms with Crippen LogP contribution in [-0.2, 0) is 28.6 Å². The molecule has 0 unspecified atom stereocenters. The van der Waals surface area contributed by atoms with E-state index in [0.717, 1.165) is 57.8 Å². The Morgan fingerprint density at radius 1 is 0.253 bits per heavy atom. The van der Waals surface area contributed by atoms with Crippen LogP contribution in [0.25, 0.3) is 0 Å². The zero-order chi connectivity index (χ0) is 54.3. The topological polar surface area (TPSA) is 78.9 Å². The summed E-state index contributed by atoms with van der Waals surface area (Å²) in [6.45, 7) is 6.71. The molecule has 75 heavy (non-hydrogen) atoms. The van der Waals surface area contributed by atoms with E-state index in [4.69, 9.17) is 14.2 Å².